The van der Waals surface area contributed by atoms with Crippen LogP contribution in [0.2, 0.25) is 0 Å². The minimum Gasteiger partial charge on any atom is -0.428 e. The molecule has 1 amide bonds. The van der Waals surface area contributed by atoms with Crippen molar-refractivity contribution in [3.05, 3.63) is 69.8 Å². The van der Waals surface area contributed by atoms with Crippen molar-refractivity contribution >= 4 is 17.8 Å². The number of non-ortho nitro benzene ring substituents is 1. The number of benzene rings is 2. The lowest BCUT2D eigenvalue weighted by Crippen LogP contribution is -2.33. The first-order valence-electron chi connectivity index (χ1n) is 7.22. The number of nitro benzene ring substituents is 1. The highest BCUT2D eigenvalue weighted by atomic mass is 19.3. The Morgan fingerprint density at radius 2 is 1.89 bits per heavy atom. The summed E-state index contributed by atoms with van der Waals surface area (Å²) in [6, 6.07) is 9.54. The van der Waals surface area contributed by atoms with Crippen molar-refractivity contribution in [2.75, 3.05) is 0 Å². The summed E-state index contributed by atoms with van der Waals surface area (Å²) >= 11 is 0. The zero-order valence-electron chi connectivity index (χ0n) is 13.3. The van der Waals surface area contributed by atoms with Crippen LogP contribution in [0.4, 0.5) is 23.2 Å². The first-order chi connectivity index (χ1) is 12.7. The van der Waals surface area contributed by atoms with Crippen molar-refractivity contribution in [1.29, 1.82) is 0 Å². The lowest BCUT2D eigenvalue weighted by atomic mass is 10.2. The number of halogens is 4. The zero-order valence-corrected chi connectivity index (χ0v) is 13.3. The molecule has 0 fully saturated rings. The van der Waals surface area contributed by atoms with Crippen LogP contribution in [0, 0.1) is 10.1 Å². The van der Waals surface area contributed by atoms with E-state index in [1.54, 1.807) is 0 Å². The van der Waals surface area contributed by atoms with Gasteiger partial charge in [-0.3, -0.25) is 14.9 Å². The van der Waals surface area contributed by atoms with Crippen LogP contribution in [0.5, 0.6) is 5.75 Å². The van der Waals surface area contributed by atoms with E-state index in [0.717, 1.165) is 12.1 Å². The fourth-order valence-electron chi connectivity index (χ4n) is 1.81. The summed E-state index contributed by atoms with van der Waals surface area (Å²) in [5, 5.41) is 14.2. The standard InChI is InChI=1S/C16H11F4N3O4/c17-15(18)16(19,20)27-13-3-1-2-11(8-13)14(24)22-21-9-10-4-6-12(7-5-10)23(25)26/h1-9,15H,(H,22,24). The Morgan fingerprint density at radius 3 is 2.48 bits per heavy atom. The third-order valence-electron chi connectivity index (χ3n) is 3.09. The number of carbonyl (C=O) groups excluding carboxylic acids is 1. The molecule has 0 aliphatic rings. The van der Waals surface area contributed by atoms with E-state index in [9.17, 15) is 32.5 Å². The molecule has 0 aliphatic carbocycles. The van der Waals surface area contributed by atoms with E-state index in [-0.39, 0.29) is 11.3 Å². The van der Waals surface area contributed by atoms with Crippen LogP contribution in [0.15, 0.2) is 53.6 Å². The summed E-state index contributed by atoms with van der Waals surface area (Å²) in [7, 11) is 0. The van der Waals surface area contributed by atoms with Crippen molar-refractivity contribution in [2.45, 2.75) is 12.5 Å². The second-order valence-corrected chi connectivity index (χ2v) is 5.04. The Morgan fingerprint density at radius 1 is 1.22 bits per heavy atom. The van der Waals surface area contributed by atoms with Crippen molar-refractivity contribution in [2.24, 2.45) is 5.10 Å². The quantitative estimate of drug-likeness (QED) is 0.341. The van der Waals surface area contributed by atoms with Gasteiger partial charge in [0.25, 0.3) is 11.6 Å². The van der Waals surface area contributed by atoms with Gasteiger partial charge in [0.1, 0.15) is 5.75 Å². The van der Waals surface area contributed by atoms with Crippen LogP contribution in [-0.2, 0) is 0 Å². The van der Waals surface area contributed by atoms with Crippen LogP contribution in [0.3, 0.4) is 0 Å². The van der Waals surface area contributed by atoms with Gasteiger partial charge in [0.2, 0.25) is 0 Å². The van der Waals surface area contributed by atoms with E-state index >= 15 is 0 Å². The maximum atomic E-state index is 12.9. The summed E-state index contributed by atoms with van der Waals surface area (Å²) < 4.78 is 54.0. The van der Waals surface area contributed by atoms with Crippen molar-refractivity contribution in [3.8, 4) is 5.75 Å². The lowest BCUT2D eigenvalue weighted by Gasteiger charge is -2.16. The molecule has 27 heavy (non-hydrogen) atoms. The number of nitro groups is 1. The zero-order chi connectivity index (χ0) is 20.0. The molecule has 2 rings (SSSR count). The first kappa shape index (κ1) is 19.8. The first-order valence-corrected chi connectivity index (χ1v) is 7.22. The molecule has 142 valence electrons. The number of hydrazone groups is 1. The Balaban J connectivity index is 2.01. The molecule has 11 heteroatoms. The van der Waals surface area contributed by atoms with Gasteiger partial charge in [-0.1, -0.05) is 6.07 Å². The molecule has 0 saturated heterocycles. The predicted molar refractivity (Wildman–Crippen MR) is 86.2 cm³/mol. The van der Waals surface area contributed by atoms with Gasteiger partial charge in [-0.25, -0.2) is 5.43 Å². The Bertz CT molecular complexity index is 857. The average Bonchev–Trinajstić information content (AvgIpc) is 2.61. The maximum Gasteiger partial charge on any atom is 0.461 e. The minimum absolute atomic E-state index is 0.117. The summed E-state index contributed by atoms with van der Waals surface area (Å²) in [6.45, 7) is 0. The second kappa shape index (κ2) is 8.25. The molecule has 0 heterocycles. The number of carbonyl (C=O) groups is 1. The molecule has 0 radical (unpaired) electrons. The van der Waals surface area contributed by atoms with E-state index in [0.29, 0.717) is 5.56 Å². The molecule has 2 aromatic rings. The van der Waals surface area contributed by atoms with Crippen LogP contribution in [-0.4, -0.2) is 29.6 Å². The molecule has 0 aromatic heterocycles. The summed E-state index contributed by atoms with van der Waals surface area (Å²) in [4.78, 5) is 21.9. The molecular weight excluding hydrogens is 374 g/mol. The van der Waals surface area contributed by atoms with Gasteiger partial charge in [-0.15, -0.1) is 0 Å². The highest BCUT2D eigenvalue weighted by molar-refractivity contribution is 5.95. The highest BCUT2D eigenvalue weighted by Gasteiger charge is 2.44. The fourth-order valence-corrected chi connectivity index (χ4v) is 1.81. The van der Waals surface area contributed by atoms with Gasteiger partial charge in [0, 0.05) is 17.7 Å². The van der Waals surface area contributed by atoms with Crippen molar-refractivity contribution in [1.82, 2.24) is 5.43 Å². The third kappa shape index (κ3) is 5.49. The molecule has 0 aliphatic heterocycles. The predicted octanol–water partition coefficient (Wildman–Crippen LogP) is 3.60. The molecule has 1 N–H and O–H groups in total. The molecule has 0 bridgehead atoms. The number of alkyl halides is 4. The number of nitrogens with zero attached hydrogens (tertiary/aromatic N) is 2. The Hall–Kier alpha value is -3.50. The Kier molecular flexibility index (Phi) is 6.06. The number of hydrogen-bond donors (Lipinski definition) is 1. The van der Waals surface area contributed by atoms with E-state index in [2.05, 4.69) is 15.3 Å². The van der Waals surface area contributed by atoms with Crippen LogP contribution in [0.25, 0.3) is 0 Å². The molecule has 0 saturated carbocycles. The topological polar surface area (TPSA) is 93.8 Å². The summed E-state index contributed by atoms with van der Waals surface area (Å²) in [5.74, 6) is -1.42. The largest absolute Gasteiger partial charge is 0.461 e. The SMILES string of the molecule is O=C(NN=Cc1ccc([N+](=O)[O-])cc1)c1cccc(OC(F)(F)C(F)F)c1. The fraction of sp³-hybridized carbons (Fsp3) is 0.125. The van der Waals surface area contributed by atoms with Gasteiger partial charge >= 0.3 is 12.5 Å². The second-order valence-electron chi connectivity index (χ2n) is 5.04. The minimum atomic E-state index is -4.69. The molecule has 2 aromatic carbocycles. The van der Waals surface area contributed by atoms with Gasteiger partial charge in [-0.05, 0) is 35.9 Å². The third-order valence-corrected chi connectivity index (χ3v) is 3.09. The number of nitrogens with one attached hydrogen (secondary N) is 1. The van der Waals surface area contributed by atoms with Gasteiger partial charge in [0.15, 0.2) is 0 Å². The monoisotopic (exact) mass is 385 g/mol. The van der Waals surface area contributed by atoms with E-state index in [1.165, 1.54) is 42.6 Å². The summed E-state index contributed by atoms with van der Waals surface area (Å²) in [6.07, 6.45) is -7.52. The van der Waals surface area contributed by atoms with Crippen molar-refractivity contribution in [3.63, 3.8) is 0 Å². The number of amides is 1. The van der Waals surface area contributed by atoms with E-state index in [4.69, 9.17) is 0 Å². The summed E-state index contributed by atoms with van der Waals surface area (Å²) in [5.41, 5.74) is 2.29. The average molecular weight is 385 g/mol. The number of hydrogen-bond acceptors (Lipinski definition) is 5. The van der Waals surface area contributed by atoms with Gasteiger partial charge in [0.05, 0.1) is 11.1 Å². The molecule has 0 unspecified atom stereocenters. The molecule has 7 nitrogen and oxygen atoms in total. The van der Waals surface area contributed by atoms with Crippen molar-refractivity contribution < 1.29 is 32.0 Å². The van der Waals surface area contributed by atoms with E-state index < -0.39 is 29.1 Å². The van der Waals surface area contributed by atoms with Gasteiger partial charge in [-0.2, -0.15) is 22.7 Å². The molecule has 0 atom stereocenters. The number of ether oxygens (including phenoxy) is 1. The molecular formula is C16H11F4N3O4. The van der Waals surface area contributed by atoms with E-state index in [1.807, 2.05) is 0 Å². The number of rotatable bonds is 7. The lowest BCUT2D eigenvalue weighted by molar-refractivity contribution is -0.384. The van der Waals surface area contributed by atoms with Crippen LogP contribution < -0.4 is 10.2 Å². The maximum absolute atomic E-state index is 12.9. The van der Waals surface area contributed by atoms with Crippen LogP contribution in [0.1, 0.15) is 15.9 Å². The van der Waals surface area contributed by atoms with Gasteiger partial charge < -0.3 is 4.74 Å². The smallest absolute Gasteiger partial charge is 0.428 e. The highest BCUT2D eigenvalue weighted by Crippen LogP contribution is 2.27. The Labute approximate surface area is 149 Å². The normalized spacial score (nSPS) is 11.6. The van der Waals surface area contributed by atoms with Crippen LogP contribution >= 0.6 is 0 Å². The molecule has 0 spiro atoms.